The van der Waals surface area contributed by atoms with Crippen molar-refractivity contribution in [1.29, 1.82) is 0 Å². The number of nitrogens with zero attached hydrogens (tertiary/aromatic N) is 2. The molecule has 1 amide bonds. The van der Waals surface area contributed by atoms with Gasteiger partial charge in [-0.25, -0.2) is 34.4 Å². The Bertz CT molecular complexity index is 2950. The van der Waals surface area contributed by atoms with Gasteiger partial charge in [0.15, 0.2) is 11.5 Å². The van der Waals surface area contributed by atoms with E-state index in [0.717, 1.165) is 44.1 Å². The SMILES string of the molecule is O=C(c1cc(Cl)c(O)c(S(=O)(=O)Nc2cc(-c3ccccc3)c(F)cc2F)c1)N1CCC1.O=S(=O)(Nc1cc(-c2ccccc2)c(F)cc1F)c1cc(CN2CCC2)cc(Cl)c1O. The maximum atomic E-state index is 14.4. The number of phenolic OH excluding ortho intramolecular Hbond substituents is 2. The van der Waals surface area contributed by atoms with Crippen LogP contribution < -0.4 is 9.44 Å². The number of anilines is 2. The fourth-order valence-corrected chi connectivity index (χ4v) is 9.66. The number of phenols is 2. The van der Waals surface area contributed by atoms with Gasteiger partial charge in [0.1, 0.15) is 33.1 Å². The van der Waals surface area contributed by atoms with Crippen molar-refractivity contribution in [1.82, 2.24) is 9.80 Å². The number of hydrogen-bond acceptors (Lipinski definition) is 8. The zero-order valence-electron chi connectivity index (χ0n) is 32.8. The number of nitrogens with one attached hydrogen (secondary N) is 2. The molecule has 0 bridgehead atoms. The molecule has 0 atom stereocenters. The number of aromatic hydroxyl groups is 2. The van der Waals surface area contributed by atoms with E-state index in [1.54, 1.807) is 60.7 Å². The molecule has 2 aliphatic rings. The second-order valence-corrected chi connectivity index (χ2v) is 18.7. The number of carbonyl (C=O) groups excluding carboxylic acids is 1. The lowest BCUT2D eigenvalue weighted by molar-refractivity contribution is 0.0651. The van der Waals surface area contributed by atoms with Crippen LogP contribution in [0.1, 0.15) is 28.8 Å². The second kappa shape index (κ2) is 18.5. The van der Waals surface area contributed by atoms with Crippen LogP contribution >= 0.6 is 23.2 Å². The molecular weight excluding hydrogens is 908 g/mol. The Kier molecular flexibility index (Phi) is 13.2. The first-order valence-electron chi connectivity index (χ1n) is 19.1. The normalized spacial score (nSPS) is 13.9. The number of carbonyl (C=O) groups is 1. The molecule has 0 saturated carbocycles. The Morgan fingerprint density at radius 2 is 1.03 bits per heavy atom. The molecule has 328 valence electrons. The van der Waals surface area contributed by atoms with E-state index in [-0.39, 0.29) is 26.7 Å². The Morgan fingerprint density at radius 3 is 1.46 bits per heavy atom. The molecule has 2 heterocycles. The summed E-state index contributed by atoms with van der Waals surface area (Å²) >= 11 is 12.0. The van der Waals surface area contributed by atoms with E-state index < -0.39 is 81.9 Å². The lowest BCUT2D eigenvalue weighted by Crippen LogP contribution is -2.42. The highest BCUT2D eigenvalue weighted by molar-refractivity contribution is 7.93. The fraction of sp³-hybridized carbons (Fsp3) is 0.159. The van der Waals surface area contributed by atoms with Crippen LogP contribution in [0, 0.1) is 23.3 Å². The van der Waals surface area contributed by atoms with Gasteiger partial charge in [-0.2, -0.15) is 0 Å². The summed E-state index contributed by atoms with van der Waals surface area (Å²) in [6, 6.07) is 24.8. The van der Waals surface area contributed by atoms with Gasteiger partial charge in [-0.1, -0.05) is 83.9 Å². The minimum Gasteiger partial charge on any atom is -0.505 e. The maximum Gasteiger partial charge on any atom is 0.265 e. The lowest BCUT2D eigenvalue weighted by Gasteiger charge is -2.31. The standard InChI is InChI=1S/C22H17ClF2N2O4S.C22H19ClF2N2O3S/c23-16-9-14(22(29)27-7-4-8-27)10-20(21(16)28)32(30,31)26-19-11-15(17(24)12-18(19)25)13-5-2-1-3-6-13;23-17-9-14(13-27-7-4-8-27)10-21(22(17)28)31(29,30)26-20-11-16(18(24)12-19(20)25)15-5-2-1-3-6-15/h1-3,5-6,9-12,26,28H,4,7-8H2;1-3,5-6,9-12,26,28H,4,7-8,13H2. The molecule has 19 heteroatoms. The highest BCUT2D eigenvalue weighted by Gasteiger charge is 2.29. The molecule has 8 rings (SSSR count). The molecule has 0 spiro atoms. The average molecular weight is 944 g/mol. The highest BCUT2D eigenvalue weighted by atomic mass is 35.5. The molecule has 0 unspecified atom stereocenters. The number of amides is 1. The molecule has 0 radical (unpaired) electrons. The van der Waals surface area contributed by atoms with Crippen molar-refractivity contribution in [3.8, 4) is 33.8 Å². The van der Waals surface area contributed by atoms with Gasteiger partial charge in [-0.3, -0.25) is 19.1 Å². The maximum absolute atomic E-state index is 14.4. The molecular formula is C44H36Cl2F4N4O7S2. The summed E-state index contributed by atoms with van der Waals surface area (Å²) in [5, 5.41) is 20.0. The van der Waals surface area contributed by atoms with Gasteiger partial charge in [0.25, 0.3) is 26.0 Å². The second-order valence-electron chi connectivity index (χ2n) is 14.6. The molecule has 2 saturated heterocycles. The third-order valence-electron chi connectivity index (χ3n) is 10.2. The quantitative estimate of drug-likeness (QED) is 0.0937. The van der Waals surface area contributed by atoms with Crippen LogP contribution in [-0.2, 0) is 26.6 Å². The van der Waals surface area contributed by atoms with Crippen LogP contribution in [0.15, 0.2) is 119 Å². The first-order valence-corrected chi connectivity index (χ1v) is 22.8. The molecule has 0 aliphatic carbocycles. The van der Waals surface area contributed by atoms with Crippen molar-refractivity contribution in [2.75, 3.05) is 35.6 Å². The Morgan fingerprint density at radius 1 is 0.587 bits per heavy atom. The zero-order chi connectivity index (χ0) is 45.2. The molecule has 2 aliphatic heterocycles. The summed E-state index contributed by atoms with van der Waals surface area (Å²) < 4.78 is 114. The van der Waals surface area contributed by atoms with Gasteiger partial charge in [0.05, 0.1) is 21.4 Å². The third kappa shape index (κ3) is 10.0. The van der Waals surface area contributed by atoms with Crippen LogP contribution in [0.5, 0.6) is 11.5 Å². The van der Waals surface area contributed by atoms with Crippen molar-refractivity contribution in [3.63, 3.8) is 0 Å². The Labute approximate surface area is 370 Å². The van der Waals surface area contributed by atoms with E-state index in [0.29, 0.717) is 48.5 Å². The molecule has 2 fully saturated rings. The van der Waals surface area contributed by atoms with Crippen molar-refractivity contribution in [2.24, 2.45) is 0 Å². The fourth-order valence-electron chi connectivity index (χ4n) is 6.66. The summed E-state index contributed by atoms with van der Waals surface area (Å²) in [5.74, 6) is -5.78. The van der Waals surface area contributed by atoms with Crippen molar-refractivity contribution >= 4 is 60.5 Å². The van der Waals surface area contributed by atoms with Crippen molar-refractivity contribution in [2.45, 2.75) is 29.2 Å². The Hall–Kier alpha value is -5.85. The number of hydrogen-bond donors (Lipinski definition) is 4. The number of benzene rings is 6. The van der Waals surface area contributed by atoms with E-state index in [1.165, 1.54) is 23.1 Å². The summed E-state index contributed by atoms with van der Waals surface area (Å²) in [4.78, 5) is 14.9. The molecule has 6 aromatic rings. The molecule has 63 heavy (non-hydrogen) atoms. The van der Waals surface area contributed by atoms with Gasteiger partial charge in [-0.15, -0.1) is 0 Å². The van der Waals surface area contributed by atoms with Crippen molar-refractivity contribution in [3.05, 3.63) is 154 Å². The minimum absolute atomic E-state index is 0.0198. The number of likely N-dealkylation sites (tertiary alicyclic amines) is 2. The number of rotatable bonds is 11. The van der Waals surface area contributed by atoms with Gasteiger partial charge in [-0.05, 0) is 79.0 Å². The monoisotopic (exact) mass is 942 g/mol. The van der Waals surface area contributed by atoms with Gasteiger partial charge in [0.2, 0.25) is 0 Å². The summed E-state index contributed by atoms with van der Waals surface area (Å²) in [6.07, 6.45) is 1.89. The van der Waals surface area contributed by atoms with E-state index in [9.17, 15) is 49.4 Å². The summed E-state index contributed by atoms with van der Waals surface area (Å²) in [5.41, 5.74) is 0.498. The van der Waals surface area contributed by atoms with E-state index >= 15 is 0 Å². The highest BCUT2D eigenvalue weighted by Crippen LogP contribution is 2.38. The smallest absolute Gasteiger partial charge is 0.265 e. The number of sulfonamides is 2. The molecule has 11 nitrogen and oxygen atoms in total. The lowest BCUT2D eigenvalue weighted by atomic mass is 10.0. The minimum atomic E-state index is -4.59. The van der Waals surface area contributed by atoms with Crippen LogP contribution in [0.2, 0.25) is 10.0 Å². The average Bonchev–Trinajstić information content (AvgIpc) is 3.20. The van der Waals surface area contributed by atoms with Crippen molar-refractivity contribution < 1.29 is 49.4 Å². The summed E-state index contributed by atoms with van der Waals surface area (Å²) in [7, 11) is -9.00. The van der Waals surface area contributed by atoms with Crippen LogP contribution in [-0.4, -0.2) is 68.9 Å². The van der Waals surface area contributed by atoms with Gasteiger partial charge in [0, 0.05) is 48.5 Å². The zero-order valence-corrected chi connectivity index (χ0v) is 35.9. The predicted molar refractivity (Wildman–Crippen MR) is 232 cm³/mol. The summed E-state index contributed by atoms with van der Waals surface area (Å²) in [6.45, 7) is 3.32. The van der Waals surface area contributed by atoms with E-state index in [1.807, 2.05) is 4.72 Å². The first-order chi connectivity index (χ1) is 29.9. The number of halogens is 6. The van der Waals surface area contributed by atoms with Gasteiger partial charge < -0.3 is 15.1 Å². The Balaban J connectivity index is 0.000000189. The molecule has 6 aromatic carbocycles. The first kappa shape index (κ1) is 45.2. The largest absolute Gasteiger partial charge is 0.505 e. The van der Waals surface area contributed by atoms with Gasteiger partial charge >= 0.3 is 0 Å². The molecule has 4 N–H and O–H groups in total. The topological polar surface area (TPSA) is 156 Å². The van der Waals surface area contributed by atoms with E-state index in [4.69, 9.17) is 23.2 Å². The van der Waals surface area contributed by atoms with E-state index in [2.05, 4.69) is 9.62 Å². The van der Waals surface area contributed by atoms with Crippen LogP contribution in [0.3, 0.4) is 0 Å². The molecule has 0 aromatic heterocycles. The van der Waals surface area contributed by atoms with Crippen LogP contribution in [0.4, 0.5) is 28.9 Å². The predicted octanol–water partition coefficient (Wildman–Crippen LogP) is 9.63. The van der Waals surface area contributed by atoms with Crippen LogP contribution in [0.25, 0.3) is 22.3 Å². The third-order valence-corrected chi connectivity index (χ3v) is 13.5.